The van der Waals surface area contributed by atoms with Crippen molar-refractivity contribution >= 4 is 0 Å². The lowest BCUT2D eigenvalue weighted by atomic mass is 10.1. The Morgan fingerprint density at radius 3 is 2.55 bits per heavy atom. The zero-order chi connectivity index (χ0) is 8.10. The molecule has 0 N–H and O–H groups in total. The van der Waals surface area contributed by atoms with Crippen molar-refractivity contribution in [1.29, 1.82) is 0 Å². The molecule has 0 unspecified atom stereocenters. The van der Waals surface area contributed by atoms with Crippen molar-refractivity contribution < 1.29 is 4.74 Å². The summed E-state index contributed by atoms with van der Waals surface area (Å²) < 4.78 is 4.85. The van der Waals surface area contributed by atoms with Crippen LogP contribution in [0.2, 0.25) is 0 Å². The van der Waals surface area contributed by atoms with Crippen molar-refractivity contribution in [3.05, 3.63) is 48.2 Å². The van der Waals surface area contributed by atoms with E-state index in [1.54, 1.807) is 7.11 Å². The van der Waals surface area contributed by atoms with Crippen LogP contribution in [0.15, 0.2) is 36.1 Å². The van der Waals surface area contributed by atoms with E-state index in [0.717, 1.165) is 0 Å². The molecule has 1 radical (unpaired) electrons. The molecule has 0 fully saturated rings. The summed E-state index contributed by atoms with van der Waals surface area (Å²) in [6.07, 6.45) is 0.692. The Morgan fingerprint density at radius 2 is 2.00 bits per heavy atom. The first-order valence-electron chi connectivity index (χ1n) is 3.52. The highest BCUT2D eigenvalue weighted by molar-refractivity contribution is 5.18. The Morgan fingerprint density at radius 1 is 1.36 bits per heavy atom. The van der Waals surface area contributed by atoms with Crippen molar-refractivity contribution in [1.82, 2.24) is 0 Å². The van der Waals surface area contributed by atoms with Crippen LogP contribution in [0, 0.1) is 6.58 Å². The van der Waals surface area contributed by atoms with Crippen molar-refractivity contribution in [3.8, 4) is 0 Å². The number of rotatable bonds is 3. The van der Waals surface area contributed by atoms with Gasteiger partial charge in [0.2, 0.25) is 0 Å². The molecule has 1 rings (SSSR count). The summed E-state index contributed by atoms with van der Waals surface area (Å²) in [4.78, 5) is 0. The molecule has 11 heavy (non-hydrogen) atoms. The maximum absolute atomic E-state index is 5.50. The number of hydrogen-bond acceptors (Lipinski definition) is 1. The molecule has 0 aliphatic heterocycles. The van der Waals surface area contributed by atoms with Gasteiger partial charge in [-0.05, 0) is 12.1 Å². The van der Waals surface area contributed by atoms with Crippen molar-refractivity contribution in [2.45, 2.75) is 6.42 Å². The molecule has 1 heteroatoms. The second-order valence-electron chi connectivity index (χ2n) is 2.33. The SMILES string of the molecule is [CH]=C(Cc1ccccc1)OC. The second kappa shape index (κ2) is 3.81. The summed E-state index contributed by atoms with van der Waals surface area (Å²) in [6.45, 7) is 5.50. The monoisotopic (exact) mass is 147 g/mol. The standard InChI is InChI=1S/C10H11O/c1-9(11-2)8-10-6-4-3-5-7-10/h1,3-7H,8H2,2H3. The van der Waals surface area contributed by atoms with E-state index >= 15 is 0 Å². The summed E-state index contributed by atoms with van der Waals surface area (Å²) in [5.41, 5.74) is 1.17. The summed E-state index contributed by atoms with van der Waals surface area (Å²) in [5.74, 6) is 0.552. The summed E-state index contributed by atoms with van der Waals surface area (Å²) in [5, 5.41) is 0. The van der Waals surface area contributed by atoms with E-state index in [0.29, 0.717) is 12.2 Å². The second-order valence-corrected chi connectivity index (χ2v) is 2.33. The van der Waals surface area contributed by atoms with Crippen molar-refractivity contribution in [2.75, 3.05) is 7.11 Å². The minimum atomic E-state index is 0.552. The van der Waals surface area contributed by atoms with Gasteiger partial charge in [-0.25, -0.2) is 0 Å². The minimum absolute atomic E-state index is 0.552. The quantitative estimate of drug-likeness (QED) is 0.595. The molecule has 0 aromatic heterocycles. The van der Waals surface area contributed by atoms with Gasteiger partial charge in [-0.3, -0.25) is 0 Å². The lowest BCUT2D eigenvalue weighted by molar-refractivity contribution is 0.284. The Balaban J connectivity index is 2.58. The van der Waals surface area contributed by atoms with Gasteiger partial charge in [-0.1, -0.05) is 30.3 Å². The maximum atomic E-state index is 5.50. The molecule has 0 heterocycles. The van der Waals surface area contributed by atoms with E-state index in [4.69, 9.17) is 11.3 Å². The van der Waals surface area contributed by atoms with E-state index in [9.17, 15) is 0 Å². The molecule has 0 aliphatic rings. The molecule has 0 saturated heterocycles. The number of allylic oxidation sites excluding steroid dienone is 1. The molecule has 1 nitrogen and oxygen atoms in total. The van der Waals surface area contributed by atoms with Gasteiger partial charge in [-0.2, -0.15) is 0 Å². The van der Waals surface area contributed by atoms with Gasteiger partial charge in [0, 0.05) is 6.42 Å². The number of hydrogen-bond donors (Lipinski definition) is 0. The third kappa shape index (κ3) is 2.46. The van der Waals surface area contributed by atoms with Crippen LogP contribution in [0.25, 0.3) is 0 Å². The predicted molar refractivity (Wildman–Crippen MR) is 45.0 cm³/mol. The van der Waals surface area contributed by atoms with Gasteiger partial charge in [-0.15, -0.1) is 0 Å². The third-order valence-electron chi connectivity index (χ3n) is 1.48. The molecule has 0 bridgehead atoms. The van der Waals surface area contributed by atoms with E-state index in [2.05, 4.69) is 0 Å². The van der Waals surface area contributed by atoms with E-state index in [1.807, 2.05) is 30.3 Å². The van der Waals surface area contributed by atoms with Gasteiger partial charge in [0.15, 0.2) is 0 Å². The highest BCUT2D eigenvalue weighted by Crippen LogP contribution is 2.05. The van der Waals surface area contributed by atoms with E-state index in [1.165, 1.54) is 5.56 Å². The molecule has 1 aromatic rings. The van der Waals surface area contributed by atoms with Crippen LogP contribution < -0.4 is 0 Å². The Bertz CT molecular complexity index is 226. The van der Waals surface area contributed by atoms with Crippen LogP contribution in [0.3, 0.4) is 0 Å². The third-order valence-corrected chi connectivity index (χ3v) is 1.48. The number of methoxy groups -OCH3 is 1. The van der Waals surface area contributed by atoms with Crippen LogP contribution in [-0.2, 0) is 11.2 Å². The maximum Gasteiger partial charge on any atom is 0.1000 e. The van der Waals surface area contributed by atoms with E-state index in [-0.39, 0.29) is 0 Å². The Labute approximate surface area is 67.3 Å². The zero-order valence-electron chi connectivity index (χ0n) is 6.58. The van der Waals surface area contributed by atoms with Crippen LogP contribution in [0.5, 0.6) is 0 Å². The Hall–Kier alpha value is -1.24. The summed E-state index contributed by atoms with van der Waals surface area (Å²) >= 11 is 0. The minimum Gasteiger partial charge on any atom is -0.501 e. The Kier molecular flexibility index (Phi) is 2.73. The molecule has 0 amide bonds. The molecule has 0 saturated carbocycles. The molecule has 57 valence electrons. The van der Waals surface area contributed by atoms with Crippen LogP contribution in [0.1, 0.15) is 5.56 Å². The molecule has 1 aromatic carbocycles. The smallest absolute Gasteiger partial charge is 0.1000 e. The fourth-order valence-electron chi connectivity index (χ4n) is 0.869. The fraction of sp³-hybridized carbons (Fsp3) is 0.200. The number of benzene rings is 1. The highest BCUT2D eigenvalue weighted by atomic mass is 16.5. The van der Waals surface area contributed by atoms with Crippen molar-refractivity contribution in [3.63, 3.8) is 0 Å². The van der Waals surface area contributed by atoms with Crippen LogP contribution in [-0.4, -0.2) is 7.11 Å². The molecule has 0 aliphatic carbocycles. The lowest BCUT2D eigenvalue weighted by Gasteiger charge is -2.02. The van der Waals surface area contributed by atoms with Gasteiger partial charge >= 0.3 is 0 Å². The summed E-state index contributed by atoms with van der Waals surface area (Å²) in [6, 6.07) is 9.99. The lowest BCUT2D eigenvalue weighted by Crippen LogP contribution is -1.90. The van der Waals surface area contributed by atoms with Crippen LogP contribution >= 0.6 is 0 Å². The van der Waals surface area contributed by atoms with Gasteiger partial charge in [0.25, 0.3) is 0 Å². The first-order chi connectivity index (χ1) is 5.33. The summed E-state index contributed by atoms with van der Waals surface area (Å²) in [7, 11) is 1.58. The normalized spacial score (nSPS) is 9.18. The first-order valence-corrected chi connectivity index (χ1v) is 3.52. The largest absolute Gasteiger partial charge is 0.501 e. The zero-order valence-corrected chi connectivity index (χ0v) is 6.58. The first kappa shape index (κ1) is 7.86. The topological polar surface area (TPSA) is 9.23 Å². The highest BCUT2D eigenvalue weighted by Gasteiger charge is 1.93. The van der Waals surface area contributed by atoms with Gasteiger partial charge < -0.3 is 4.74 Å². The van der Waals surface area contributed by atoms with Gasteiger partial charge in [0.05, 0.1) is 12.9 Å². The molecular weight excluding hydrogens is 136 g/mol. The average molecular weight is 147 g/mol. The van der Waals surface area contributed by atoms with Gasteiger partial charge in [0.1, 0.15) is 0 Å². The number of ether oxygens (including phenoxy) is 1. The molecule has 0 atom stereocenters. The average Bonchev–Trinajstić information content (AvgIpc) is 2.06. The molecule has 0 spiro atoms. The van der Waals surface area contributed by atoms with Crippen LogP contribution in [0.4, 0.5) is 0 Å². The molecular formula is C10H11O. The predicted octanol–water partition coefficient (Wildman–Crippen LogP) is 2.19. The van der Waals surface area contributed by atoms with E-state index < -0.39 is 0 Å². The fourth-order valence-corrected chi connectivity index (χ4v) is 0.869. The van der Waals surface area contributed by atoms with Crippen molar-refractivity contribution in [2.24, 2.45) is 0 Å².